The molecule has 1 atom stereocenters. The lowest BCUT2D eigenvalue weighted by molar-refractivity contribution is -0.141. The number of carboxylic acid groups (broad SMARTS) is 1. The summed E-state index contributed by atoms with van der Waals surface area (Å²) in [5.74, 6) is -1.50. The van der Waals surface area contributed by atoms with E-state index in [-0.39, 0.29) is 18.2 Å². The minimum Gasteiger partial charge on any atom is -0.481 e. The van der Waals surface area contributed by atoms with Crippen molar-refractivity contribution in [1.82, 2.24) is 4.90 Å². The minimum absolute atomic E-state index is 0.0499. The molecule has 118 valence electrons. The van der Waals surface area contributed by atoms with Gasteiger partial charge in [-0.3, -0.25) is 9.59 Å². The van der Waals surface area contributed by atoms with Crippen molar-refractivity contribution < 1.29 is 14.7 Å². The Kier molecular flexibility index (Phi) is 4.42. The van der Waals surface area contributed by atoms with E-state index in [1.54, 1.807) is 4.90 Å². The SMILES string of the molecule is O=C(O)C1CC(=O)N(CC(c2ccccc2)c2ccccc2)C1. The van der Waals surface area contributed by atoms with Crippen molar-refractivity contribution in [2.45, 2.75) is 12.3 Å². The highest BCUT2D eigenvalue weighted by atomic mass is 16.4. The molecule has 3 rings (SSSR count). The molecule has 1 N–H and O–H groups in total. The quantitative estimate of drug-likeness (QED) is 0.924. The summed E-state index contributed by atoms with van der Waals surface area (Å²) in [7, 11) is 0. The predicted molar refractivity (Wildman–Crippen MR) is 87.0 cm³/mol. The number of rotatable bonds is 5. The smallest absolute Gasteiger partial charge is 0.308 e. The third kappa shape index (κ3) is 3.42. The normalized spacial score (nSPS) is 17.7. The molecule has 1 saturated heterocycles. The van der Waals surface area contributed by atoms with Gasteiger partial charge in [0.1, 0.15) is 0 Å². The van der Waals surface area contributed by atoms with Gasteiger partial charge in [-0.1, -0.05) is 60.7 Å². The molecule has 0 aliphatic carbocycles. The Morgan fingerprint density at radius 1 is 1.04 bits per heavy atom. The molecular weight excluding hydrogens is 290 g/mol. The molecule has 0 bridgehead atoms. The topological polar surface area (TPSA) is 57.6 Å². The first-order valence-electron chi connectivity index (χ1n) is 7.75. The summed E-state index contributed by atoms with van der Waals surface area (Å²) in [5.41, 5.74) is 2.26. The number of hydrogen-bond acceptors (Lipinski definition) is 2. The molecule has 1 aliphatic heterocycles. The fourth-order valence-corrected chi connectivity index (χ4v) is 3.11. The number of carboxylic acids is 1. The van der Waals surface area contributed by atoms with Crippen LogP contribution in [0.5, 0.6) is 0 Å². The van der Waals surface area contributed by atoms with Gasteiger partial charge in [0.15, 0.2) is 0 Å². The highest BCUT2D eigenvalue weighted by Gasteiger charge is 2.35. The van der Waals surface area contributed by atoms with Crippen molar-refractivity contribution in [2.24, 2.45) is 5.92 Å². The van der Waals surface area contributed by atoms with Gasteiger partial charge in [0.05, 0.1) is 5.92 Å². The molecule has 0 spiro atoms. The van der Waals surface area contributed by atoms with E-state index in [9.17, 15) is 9.59 Å². The number of likely N-dealkylation sites (tertiary alicyclic amines) is 1. The van der Waals surface area contributed by atoms with E-state index in [1.165, 1.54) is 0 Å². The summed E-state index contributed by atoms with van der Waals surface area (Å²) in [6, 6.07) is 20.1. The maximum absolute atomic E-state index is 12.1. The van der Waals surface area contributed by atoms with Crippen LogP contribution in [0.25, 0.3) is 0 Å². The Hall–Kier alpha value is -2.62. The minimum atomic E-state index is -0.892. The van der Waals surface area contributed by atoms with Gasteiger partial charge in [-0.25, -0.2) is 0 Å². The average molecular weight is 309 g/mol. The molecule has 0 aromatic heterocycles. The molecule has 1 heterocycles. The van der Waals surface area contributed by atoms with Crippen LogP contribution in [0.2, 0.25) is 0 Å². The highest BCUT2D eigenvalue weighted by molar-refractivity contribution is 5.86. The van der Waals surface area contributed by atoms with Crippen LogP contribution in [0.4, 0.5) is 0 Å². The first-order valence-corrected chi connectivity index (χ1v) is 7.75. The first kappa shape index (κ1) is 15.3. The second-order valence-corrected chi connectivity index (χ2v) is 5.91. The van der Waals surface area contributed by atoms with Crippen LogP contribution in [0, 0.1) is 5.92 Å². The lowest BCUT2D eigenvalue weighted by atomic mass is 9.91. The van der Waals surface area contributed by atoms with Gasteiger partial charge in [-0.05, 0) is 11.1 Å². The van der Waals surface area contributed by atoms with E-state index in [4.69, 9.17) is 5.11 Å². The van der Waals surface area contributed by atoms with Gasteiger partial charge >= 0.3 is 5.97 Å². The number of carbonyl (C=O) groups is 2. The Balaban J connectivity index is 1.86. The van der Waals surface area contributed by atoms with Crippen LogP contribution in [-0.4, -0.2) is 35.0 Å². The lowest BCUT2D eigenvalue weighted by Gasteiger charge is -2.25. The zero-order chi connectivity index (χ0) is 16.2. The van der Waals surface area contributed by atoms with Gasteiger partial charge in [0, 0.05) is 25.4 Å². The van der Waals surface area contributed by atoms with Crippen LogP contribution in [0.1, 0.15) is 23.5 Å². The monoisotopic (exact) mass is 309 g/mol. The lowest BCUT2D eigenvalue weighted by Crippen LogP contribution is -2.31. The second-order valence-electron chi connectivity index (χ2n) is 5.91. The average Bonchev–Trinajstić information content (AvgIpc) is 2.95. The maximum atomic E-state index is 12.1. The molecule has 4 nitrogen and oxygen atoms in total. The van der Waals surface area contributed by atoms with Crippen molar-refractivity contribution in [2.75, 3.05) is 13.1 Å². The first-order chi connectivity index (χ1) is 11.1. The van der Waals surface area contributed by atoms with Crippen molar-refractivity contribution >= 4 is 11.9 Å². The fourth-order valence-electron chi connectivity index (χ4n) is 3.11. The van der Waals surface area contributed by atoms with Gasteiger partial charge in [-0.15, -0.1) is 0 Å². The molecule has 1 amide bonds. The highest BCUT2D eigenvalue weighted by Crippen LogP contribution is 2.28. The molecule has 2 aromatic rings. The standard InChI is InChI=1S/C19H19NO3/c21-18-11-16(19(22)23)12-20(18)13-17(14-7-3-1-4-8-14)15-9-5-2-6-10-15/h1-10,16-17H,11-13H2,(H,22,23). The zero-order valence-corrected chi connectivity index (χ0v) is 12.8. The van der Waals surface area contributed by atoms with E-state index in [0.717, 1.165) is 11.1 Å². The summed E-state index contributed by atoms with van der Waals surface area (Å²) in [6.07, 6.45) is 0.103. The van der Waals surface area contributed by atoms with Gasteiger partial charge in [0.25, 0.3) is 0 Å². The Morgan fingerprint density at radius 2 is 1.57 bits per heavy atom. The van der Waals surface area contributed by atoms with Crippen LogP contribution < -0.4 is 0 Å². The number of amides is 1. The van der Waals surface area contributed by atoms with Gasteiger partial charge in [-0.2, -0.15) is 0 Å². The Labute approximate surface area is 135 Å². The molecule has 1 aliphatic rings. The fraction of sp³-hybridized carbons (Fsp3) is 0.263. The summed E-state index contributed by atoms with van der Waals surface area (Å²) >= 11 is 0. The second kappa shape index (κ2) is 6.65. The number of benzene rings is 2. The molecular formula is C19H19NO3. The maximum Gasteiger partial charge on any atom is 0.308 e. The number of carbonyl (C=O) groups excluding carboxylic acids is 1. The van der Waals surface area contributed by atoms with Crippen molar-refractivity contribution in [3.8, 4) is 0 Å². The molecule has 23 heavy (non-hydrogen) atoms. The van der Waals surface area contributed by atoms with Crippen molar-refractivity contribution in [3.05, 3.63) is 71.8 Å². The number of aliphatic carboxylic acids is 1. The van der Waals surface area contributed by atoms with Crippen molar-refractivity contribution in [1.29, 1.82) is 0 Å². The molecule has 0 saturated carbocycles. The summed E-state index contributed by atoms with van der Waals surface area (Å²) < 4.78 is 0. The van der Waals surface area contributed by atoms with E-state index >= 15 is 0 Å². The molecule has 1 unspecified atom stereocenters. The zero-order valence-electron chi connectivity index (χ0n) is 12.8. The van der Waals surface area contributed by atoms with Crippen LogP contribution in [0.15, 0.2) is 60.7 Å². The van der Waals surface area contributed by atoms with Gasteiger partial charge in [0.2, 0.25) is 5.91 Å². The largest absolute Gasteiger partial charge is 0.481 e. The number of hydrogen-bond donors (Lipinski definition) is 1. The summed E-state index contributed by atoms with van der Waals surface area (Å²) in [6.45, 7) is 0.807. The predicted octanol–water partition coefficient (Wildman–Crippen LogP) is 2.75. The van der Waals surface area contributed by atoms with E-state index in [0.29, 0.717) is 13.1 Å². The van der Waals surface area contributed by atoms with Crippen LogP contribution >= 0.6 is 0 Å². The van der Waals surface area contributed by atoms with E-state index < -0.39 is 11.9 Å². The van der Waals surface area contributed by atoms with Crippen LogP contribution in [0.3, 0.4) is 0 Å². The Morgan fingerprint density at radius 3 is 2.00 bits per heavy atom. The van der Waals surface area contributed by atoms with E-state index in [1.807, 2.05) is 60.7 Å². The summed E-state index contributed by atoms with van der Waals surface area (Å²) in [5, 5.41) is 9.14. The third-order valence-electron chi connectivity index (χ3n) is 4.37. The number of nitrogens with zero attached hydrogens (tertiary/aromatic N) is 1. The molecule has 1 fully saturated rings. The third-order valence-corrected chi connectivity index (χ3v) is 4.37. The molecule has 0 radical (unpaired) electrons. The van der Waals surface area contributed by atoms with Gasteiger partial charge < -0.3 is 10.0 Å². The van der Waals surface area contributed by atoms with E-state index in [2.05, 4.69) is 0 Å². The molecule has 4 heteroatoms. The van der Waals surface area contributed by atoms with Crippen molar-refractivity contribution in [3.63, 3.8) is 0 Å². The molecule has 2 aromatic carbocycles. The summed E-state index contributed by atoms with van der Waals surface area (Å²) in [4.78, 5) is 25.0. The van der Waals surface area contributed by atoms with Crippen LogP contribution in [-0.2, 0) is 9.59 Å². The Bertz CT molecular complexity index is 645.